The highest BCUT2D eigenvalue weighted by Crippen LogP contribution is 2.26. The molecule has 8 nitrogen and oxygen atoms in total. The molecular formula is C21H29N5O3. The van der Waals surface area contributed by atoms with E-state index < -0.39 is 0 Å². The molecule has 2 saturated heterocycles. The van der Waals surface area contributed by atoms with Gasteiger partial charge in [-0.15, -0.1) is 0 Å². The van der Waals surface area contributed by atoms with E-state index in [4.69, 9.17) is 0 Å². The molecule has 29 heavy (non-hydrogen) atoms. The van der Waals surface area contributed by atoms with Crippen molar-refractivity contribution in [1.29, 1.82) is 0 Å². The minimum atomic E-state index is -0.210. The minimum Gasteiger partial charge on any atom is -0.346 e. The first-order chi connectivity index (χ1) is 13.9. The monoisotopic (exact) mass is 399 g/mol. The van der Waals surface area contributed by atoms with Crippen LogP contribution in [0, 0.1) is 6.92 Å². The summed E-state index contributed by atoms with van der Waals surface area (Å²) < 4.78 is 1.55. The molecule has 0 spiro atoms. The summed E-state index contributed by atoms with van der Waals surface area (Å²) in [6.45, 7) is 3.52. The van der Waals surface area contributed by atoms with Crippen LogP contribution in [-0.2, 0) is 16.6 Å². The zero-order chi connectivity index (χ0) is 20.5. The number of hydrogen-bond acceptors (Lipinski definition) is 4. The van der Waals surface area contributed by atoms with E-state index in [1.54, 1.807) is 17.9 Å². The fraction of sp³-hybridized carbons (Fsp3) is 0.619. The van der Waals surface area contributed by atoms with Gasteiger partial charge in [0.05, 0.1) is 18.3 Å². The lowest BCUT2D eigenvalue weighted by molar-refractivity contribution is -0.141. The largest absolute Gasteiger partial charge is 0.346 e. The van der Waals surface area contributed by atoms with Crippen molar-refractivity contribution in [2.75, 3.05) is 19.6 Å². The second-order valence-electron chi connectivity index (χ2n) is 8.41. The van der Waals surface area contributed by atoms with E-state index in [1.807, 2.05) is 16.7 Å². The quantitative estimate of drug-likeness (QED) is 0.823. The molecule has 2 fully saturated rings. The third-order valence-electron chi connectivity index (χ3n) is 6.24. The first-order valence-electron chi connectivity index (χ1n) is 10.5. The minimum absolute atomic E-state index is 0.0443. The van der Waals surface area contributed by atoms with Crippen LogP contribution >= 0.6 is 0 Å². The molecule has 0 bridgehead atoms. The summed E-state index contributed by atoms with van der Waals surface area (Å²) in [6.07, 6.45) is 9.33. The molecule has 1 aromatic rings. The number of aryl methyl sites for hydroxylation is 2. The molecule has 1 N–H and O–H groups in total. The molecule has 0 saturated carbocycles. The average molecular weight is 399 g/mol. The normalized spacial score (nSPS) is 22.9. The highest BCUT2D eigenvalue weighted by Gasteiger charge is 2.42. The van der Waals surface area contributed by atoms with Gasteiger partial charge in [0, 0.05) is 38.7 Å². The Morgan fingerprint density at radius 2 is 1.97 bits per heavy atom. The number of rotatable bonds is 4. The molecule has 0 radical (unpaired) electrons. The average Bonchev–Trinajstić information content (AvgIpc) is 3.02. The summed E-state index contributed by atoms with van der Waals surface area (Å²) >= 11 is 0. The van der Waals surface area contributed by atoms with Crippen molar-refractivity contribution < 1.29 is 14.4 Å². The van der Waals surface area contributed by atoms with Gasteiger partial charge in [-0.25, -0.2) is 0 Å². The van der Waals surface area contributed by atoms with Crippen molar-refractivity contribution in [3.63, 3.8) is 0 Å². The summed E-state index contributed by atoms with van der Waals surface area (Å²) in [7, 11) is 1.73. The van der Waals surface area contributed by atoms with E-state index in [2.05, 4.69) is 16.5 Å². The van der Waals surface area contributed by atoms with Crippen LogP contribution in [0.25, 0.3) is 0 Å². The van der Waals surface area contributed by atoms with E-state index in [1.165, 1.54) is 6.42 Å². The summed E-state index contributed by atoms with van der Waals surface area (Å²) in [4.78, 5) is 41.4. The highest BCUT2D eigenvalue weighted by molar-refractivity contribution is 5.95. The van der Waals surface area contributed by atoms with Crippen LogP contribution in [0.1, 0.15) is 54.6 Å². The van der Waals surface area contributed by atoms with Crippen LogP contribution < -0.4 is 5.32 Å². The van der Waals surface area contributed by atoms with Crippen molar-refractivity contribution in [3.05, 3.63) is 29.1 Å². The fourth-order valence-electron chi connectivity index (χ4n) is 4.54. The van der Waals surface area contributed by atoms with Gasteiger partial charge in [0.1, 0.15) is 5.69 Å². The van der Waals surface area contributed by atoms with Crippen molar-refractivity contribution in [2.45, 2.75) is 57.5 Å². The smallest absolute Gasteiger partial charge is 0.270 e. The maximum Gasteiger partial charge on any atom is 0.270 e. The van der Waals surface area contributed by atoms with Crippen molar-refractivity contribution in [2.24, 2.45) is 7.05 Å². The first-order valence-corrected chi connectivity index (χ1v) is 10.5. The van der Waals surface area contributed by atoms with E-state index in [-0.39, 0.29) is 29.8 Å². The maximum absolute atomic E-state index is 12.7. The zero-order valence-corrected chi connectivity index (χ0v) is 17.2. The molecule has 2 aliphatic heterocycles. The Bertz CT molecular complexity index is 833. The molecular weight excluding hydrogens is 370 g/mol. The van der Waals surface area contributed by atoms with Gasteiger partial charge in [-0.1, -0.05) is 12.5 Å². The topological polar surface area (TPSA) is 87.5 Å². The molecule has 0 aromatic carbocycles. The van der Waals surface area contributed by atoms with E-state index in [9.17, 15) is 14.4 Å². The van der Waals surface area contributed by atoms with Crippen molar-refractivity contribution >= 4 is 17.7 Å². The number of carbonyl (C=O) groups excluding carboxylic acids is 3. The van der Waals surface area contributed by atoms with Crippen LogP contribution in [0.2, 0.25) is 0 Å². The molecule has 1 aliphatic carbocycles. The summed E-state index contributed by atoms with van der Waals surface area (Å²) in [5.41, 5.74) is 2.27. The third kappa shape index (κ3) is 3.93. The Labute approximate surface area is 170 Å². The standard InChI is InChI=1S/C21H29N5O3/c1-14-10-22-24(2)19(14)20(28)23-16-9-18(27)26(11-16)17-12-25(13-17)21(29)15-7-5-3-4-6-8-15/h7,10,16-17H,3-6,8-9,11-13H2,1-2H3,(H,23,28). The van der Waals surface area contributed by atoms with Crippen LogP contribution in [-0.4, -0.2) is 69.0 Å². The predicted octanol–water partition coefficient (Wildman–Crippen LogP) is 1.16. The Hall–Kier alpha value is -2.64. The highest BCUT2D eigenvalue weighted by atomic mass is 16.2. The number of allylic oxidation sites excluding steroid dienone is 1. The number of amides is 3. The Balaban J connectivity index is 1.30. The second-order valence-corrected chi connectivity index (χ2v) is 8.41. The third-order valence-corrected chi connectivity index (χ3v) is 6.24. The van der Waals surface area contributed by atoms with Crippen LogP contribution in [0.3, 0.4) is 0 Å². The lowest BCUT2D eigenvalue weighted by Gasteiger charge is -2.44. The lowest BCUT2D eigenvalue weighted by Crippen LogP contribution is -2.61. The van der Waals surface area contributed by atoms with Gasteiger partial charge >= 0.3 is 0 Å². The van der Waals surface area contributed by atoms with Crippen LogP contribution in [0.4, 0.5) is 0 Å². The Kier molecular flexibility index (Phi) is 5.43. The van der Waals surface area contributed by atoms with Gasteiger partial charge in [-0.3, -0.25) is 19.1 Å². The van der Waals surface area contributed by atoms with Gasteiger partial charge < -0.3 is 15.1 Å². The molecule has 1 aromatic heterocycles. The molecule has 1 atom stereocenters. The summed E-state index contributed by atoms with van der Waals surface area (Å²) in [5, 5.41) is 7.07. The first kappa shape index (κ1) is 19.7. The number of hydrogen-bond donors (Lipinski definition) is 1. The number of nitrogens with zero attached hydrogens (tertiary/aromatic N) is 4. The molecule has 3 amide bonds. The van der Waals surface area contributed by atoms with Crippen molar-refractivity contribution in [1.82, 2.24) is 24.9 Å². The van der Waals surface area contributed by atoms with Crippen LogP contribution in [0.5, 0.6) is 0 Å². The molecule has 8 heteroatoms. The fourth-order valence-corrected chi connectivity index (χ4v) is 4.54. The van der Waals surface area contributed by atoms with Gasteiger partial charge in [-0.05, 0) is 38.2 Å². The van der Waals surface area contributed by atoms with Crippen molar-refractivity contribution in [3.8, 4) is 0 Å². The van der Waals surface area contributed by atoms with E-state index in [0.717, 1.165) is 36.8 Å². The number of aromatic nitrogens is 2. The summed E-state index contributed by atoms with van der Waals surface area (Å²) in [6, 6.07) is -0.156. The number of carbonyl (C=O) groups is 3. The molecule has 156 valence electrons. The van der Waals surface area contributed by atoms with Gasteiger partial charge in [-0.2, -0.15) is 5.10 Å². The Morgan fingerprint density at radius 1 is 1.17 bits per heavy atom. The molecule has 4 rings (SSSR count). The van der Waals surface area contributed by atoms with Gasteiger partial charge in [0.2, 0.25) is 11.8 Å². The second kappa shape index (κ2) is 8.00. The SMILES string of the molecule is Cc1cnn(C)c1C(=O)NC1CC(=O)N(C2CN(C(=O)C3=CCCCCC3)C2)C1. The summed E-state index contributed by atoms with van der Waals surface area (Å²) in [5.74, 6) is -0.0259. The van der Waals surface area contributed by atoms with E-state index >= 15 is 0 Å². The molecule has 3 heterocycles. The number of nitrogens with one attached hydrogen (secondary N) is 1. The maximum atomic E-state index is 12.7. The van der Waals surface area contributed by atoms with Gasteiger partial charge in [0.15, 0.2) is 0 Å². The van der Waals surface area contributed by atoms with Gasteiger partial charge in [0.25, 0.3) is 5.91 Å². The number of likely N-dealkylation sites (tertiary alicyclic amines) is 2. The zero-order valence-electron chi connectivity index (χ0n) is 17.2. The van der Waals surface area contributed by atoms with E-state index in [0.29, 0.717) is 31.7 Å². The molecule has 3 aliphatic rings. The predicted molar refractivity (Wildman–Crippen MR) is 107 cm³/mol. The Morgan fingerprint density at radius 3 is 2.69 bits per heavy atom. The lowest BCUT2D eigenvalue weighted by atomic mass is 10.0. The molecule has 1 unspecified atom stereocenters. The van der Waals surface area contributed by atoms with Crippen LogP contribution in [0.15, 0.2) is 17.8 Å².